The Morgan fingerprint density at radius 2 is 2.04 bits per heavy atom. The van der Waals surface area contributed by atoms with Crippen LogP contribution in [0, 0.1) is 5.92 Å². The molecule has 0 atom stereocenters. The molecule has 0 bridgehead atoms. The minimum atomic E-state index is -3.43. The van der Waals surface area contributed by atoms with Crippen molar-refractivity contribution in [1.82, 2.24) is 10.2 Å². The zero-order chi connectivity index (χ0) is 18.7. The molecule has 1 aliphatic heterocycles. The Morgan fingerprint density at radius 3 is 2.73 bits per heavy atom. The Morgan fingerprint density at radius 1 is 1.31 bits per heavy atom. The quantitative estimate of drug-likeness (QED) is 0.755. The van der Waals surface area contributed by atoms with Crippen molar-refractivity contribution in [3.63, 3.8) is 0 Å². The molecule has 1 aromatic rings. The van der Waals surface area contributed by atoms with Crippen LogP contribution < -0.4 is 9.62 Å². The van der Waals surface area contributed by atoms with Crippen LogP contribution in [0.4, 0.5) is 10.5 Å². The number of urea groups is 1. The van der Waals surface area contributed by atoms with E-state index in [1.165, 1.54) is 4.31 Å². The van der Waals surface area contributed by atoms with Gasteiger partial charge in [-0.05, 0) is 43.2 Å². The number of benzene rings is 1. The normalized spacial score (nSPS) is 16.7. The molecule has 1 aromatic carbocycles. The van der Waals surface area contributed by atoms with E-state index in [0.29, 0.717) is 18.5 Å². The summed E-state index contributed by atoms with van der Waals surface area (Å²) in [5, 5.41) is 2.81. The molecule has 0 spiro atoms. The fourth-order valence-corrected chi connectivity index (χ4v) is 4.76. The summed E-state index contributed by atoms with van der Waals surface area (Å²) in [6.07, 6.45) is 3.81. The van der Waals surface area contributed by atoms with Crippen molar-refractivity contribution in [1.29, 1.82) is 0 Å². The second-order valence-corrected chi connectivity index (χ2v) is 9.62. The lowest BCUT2D eigenvalue weighted by molar-refractivity contribution is 0.192. The number of para-hydroxylation sites is 1. The summed E-state index contributed by atoms with van der Waals surface area (Å²) in [4.78, 5) is 14.3. The highest BCUT2D eigenvalue weighted by Gasteiger charge is 2.33. The molecule has 2 aliphatic rings. The van der Waals surface area contributed by atoms with Crippen molar-refractivity contribution in [2.45, 2.75) is 45.6 Å². The van der Waals surface area contributed by atoms with Crippen molar-refractivity contribution in [2.24, 2.45) is 5.92 Å². The topological polar surface area (TPSA) is 69.7 Å². The molecule has 26 heavy (non-hydrogen) atoms. The number of anilines is 1. The number of rotatable bonds is 8. The van der Waals surface area contributed by atoms with Crippen LogP contribution in [-0.4, -0.2) is 50.8 Å². The smallest absolute Gasteiger partial charge is 0.317 e. The van der Waals surface area contributed by atoms with Gasteiger partial charge in [0.25, 0.3) is 0 Å². The van der Waals surface area contributed by atoms with Gasteiger partial charge in [-0.1, -0.05) is 32.0 Å². The molecule has 7 heteroatoms. The molecule has 144 valence electrons. The number of hydrogen-bond donors (Lipinski definition) is 1. The highest BCUT2D eigenvalue weighted by Crippen LogP contribution is 2.30. The minimum Gasteiger partial charge on any atom is -0.337 e. The Bertz CT molecular complexity index is 744. The fraction of sp³-hybridized carbons (Fsp3) is 0.632. The first-order valence-electron chi connectivity index (χ1n) is 9.51. The molecule has 1 N–H and O–H groups in total. The average molecular weight is 380 g/mol. The summed E-state index contributed by atoms with van der Waals surface area (Å²) in [7, 11) is -3.43. The van der Waals surface area contributed by atoms with Crippen molar-refractivity contribution < 1.29 is 13.2 Å². The highest BCUT2D eigenvalue weighted by atomic mass is 32.2. The van der Waals surface area contributed by atoms with E-state index >= 15 is 0 Å². The summed E-state index contributed by atoms with van der Waals surface area (Å²) in [5.41, 5.74) is 1.84. The predicted molar refractivity (Wildman–Crippen MR) is 104 cm³/mol. The van der Waals surface area contributed by atoms with E-state index in [1.807, 2.05) is 29.2 Å². The number of nitrogens with one attached hydrogen (secondary N) is 1. The van der Waals surface area contributed by atoms with Crippen LogP contribution >= 0.6 is 0 Å². The van der Waals surface area contributed by atoms with E-state index in [1.54, 1.807) is 0 Å². The molecule has 1 saturated carbocycles. The van der Waals surface area contributed by atoms with E-state index in [4.69, 9.17) is 0 Å². The molecule has 6 nitrogen and oxygen atoms in total. The molecule has 1 fully saturated rings. The lowest BCUT2D eigenvalue weighted by Gasteiger charge is -2.24. The maximum Gasteiger partial charge on any atom is 0.317 e. The second-order valence-electron chi connectivity index (χ2n) is 7.61. The van der Waals surface area contributed by atoms with Gasteiger partial charge in [-0.3, -0.25) is 4.31 Å². The van der Waals surface area contributed by atoms with E-state index in [-0.39, 0.29) is 18.3 Å². The third kappa shape index (κ3) is 4.50. The third-order valence-corrected chi connectivity index (χ3v) is 6.78. The Balaban J connectivity index is 1.53. The van der Waals surface area contributed by atoms with Gasteiger partial charge in [0.15, 0.2) is 0 Å². The predicted octanol–water partition coefficient (Wildman–Crippen LogP) is 2.60. The second kappa shape index (κ2) is 7.86. The van der Waals surface area contributed by atoms with Gasteiger partial charge in [-0.2, -0.15) is 0 Å². The lowest BCUT2D eigenvalue weighted by atomic mass is 10.1. The number of amides is 2. The number of carbonyl (C=O) groups excluding carboxylic acids is 1. The standard InChI is InChI=1S/C19H29N3O3S/c1-15(2)9-12-21(17-7-8-17)19(23)20-11-14-26(24,25)22-13-10-16-5-3-4-6-18(16)22/h3-6,15,17H,7-14H2,1-2H3,(H,20,23). The van der Waals surface area contributed by atoms with Gasteiger partial charge in [0.05, 0.1) is 11.4 Å². The average Bonchev–Trinajstić information content (AvgIpc) is 3.32. The van der Waals surface area contributed by atoms with Crippen molar-refractivity contribution in [3.8, 4) is 0 Å². The number of nitrogens with zero attached hydrogens (tertiary/aromatic N) is 2. The van der Waals surface area contributed by atoms with E-state index < -0.39 is 10.0 Å². The van der Waals surface area contributed by atoms with Crippen molar-refractivity contribution in [3.05, 3.63) is 29.8 Å². The monoisotopic (exact) mass is 379 g/mol. The van der Waals surface area contributed by atoms with Gasteiger partial charge in [-0.25, -0.2) is 13.2 Å². The van der Waals surface area contributed by atoms with Gasteiger partial charge in [0, 0.05) is 25.7 Å². The van der Waals surface area contributed by atoms with Crippen LogP contribution in [-0.2, 0) is 16.4 Å². The zero-order valence-electron chi connectivity index (χ0n) is 15.6. The third-order valence-electron chi connectivity index (χ3n) is 5.01. The molecule has 0 radical (unpaired) electrons. The number of carbonyl (C=O) groups is 1. The highest BCUT2D eigenvalue weighted by molar-refractivity contribution is 7.92. The largest absolute Gasteiger partial charge is 0.337 e. The summed E-state index contributed by atoms with van der Waals surface area (Å²) in [6.45, 7) is 5.65. The van der Waals surface area contributed by atoms with Crippen LogP contribution in [0.15, 0.2) is 24.3 Å². The SMILES string of the molecule is CC(C)CCN(C(=O)NCCS(=O)(=O)N1CCc2ccccc21)C1CC1. The number of sulfonamides is 1. The Labute approximate surface area is 156 Å². The zero-order valence-corrected chi connectivity index (χ0v) is 16.5. The van der Waals surface area contributed by atoms with Gasteiger partial charge >= 0.3 is 6.03 Å². The molecule has 1 aliphatic carbocycles. The fourth-order valence-electron chi connectivity index (χ4n) is 3.33. The molecule has 0 saturated heterocycles. The minimum absolute atomic E-state index is 0.0736. The van der Waals surface area contributed by atoms with E-state index in [0.717, 1.165) is 43.5 Å². The molecule has 1 heterocycles. The maximum atomic E-state index is 12.7. The van der Waals surface area contributed by atoms with Gasteiger partial charge in [0.1, 0.15) is 0 Å². The molecule has 0 aromatic heterocycles. The van der Waals surface area contributed by atoms with Gasteiger partial charge < -0.3 is 10.2 Å². The summed E-state index contributed by atoms with van der Waals surface area (Å²) < 4.78 is 26.8. The first-order chi connectivity index (χ1) is 12.4. The van der Waals surface area contributed by atoms with E-state index in [9.17, 15) is 13.2 Å². The molecular weight excluding hydrogens is 350 g/mol. The van der Waals surface area contributed by atoms with Gasteiger partial charge in [-0.15, -0.1) is 0 Å². The maximum absolute atomic E-state index is 12.7. The van der Waals surface area contributed by atoms with Crippen molar-refractivity contribution in [2.75, 3.05) is 29.7 Å². The first kappa shape index (κ1) is 19.0. The Kier molecular flexibility index (Phi) is 5.75. The van der Waals surface area contributed by atoms with E-state index in [2.05, 4.69) is 19.2 Å². The van der Waals surface area contributed by atoms with Crippen molar-refractivity contribution >= 4 is 21.7 Å². The van der Waals surface area contributed by atoms with Gasteiger partial charge in [0.2, 0.25) is 10.0 Å². The first-order valence-corrected chi connectivity index (χ1v) is 11.1. The number of hydrogen-bond acceptors (Lipinski definition) is 3. The summed E-state index contributed by atoms with van der Waals surface area (Å²) in [6, 6.07) is 7.80. The van der Waals surface area contributed by atoms with Crippen LogP contribution in [0.3, 0.4) is 0 Å². The molecule has 0 unspecified atom stereocenters. The van der Waals surface area contributed by atoms with Crippen LogP contribution in [0.2, 0.25) is 0 Å². The molecular formula is C19H29N3O3S. The number of fused-ring (bicyclic) bond motifs is 1. The Hall–Kier alpha value is -1.76. The van der Waals surface area contributed by atoms with Crippen LogP contribution in [0.1, 0.15) is 38.7 Å². The summed E-state index contributed by atoms with van der Waals surface area (Å²) >= 11 is 0. The molecule has 3 rings (SSSR count). The molecule has 2 amide bonds. The lowest BCUT2D eigenvalue weighted by Crippen LogP contribution is -2.44. The van der Waals surface area contributed by atoms with Crippen LogP contribution in [0.5, 0.6) is 0 Å². The summed E-state index contributed by atoms with van der Waals surface area (Å²) in [5.74, 6) is 0.468. The van der Waals surface area contributed by atoms with Crippen LogP contribution in [0.25, 0.3) is 0 Å².